The van der Waals surface area contributed by atoms with E-state index < -0.39 is 0 Å². The highest BCUT2D eigenvalue weighted by Gasteiger charge is 2.31. The molecule has 0 aliphatic carbocycles. The van der Waals surface area contributed by atoms with Crippen LogP contribution >= 0.6 is 11.6 Å². The number of hydrogen-bond acceptors (Lipinski definition) is 5. The second kappa shape index (κ2) is 4.23. The Morgan fingerprint density at radius 2 is 2.44 bits per heavy atom. The van der Waals surface area contributed by atoms with Crippen molar-refractivity contribution in [2.45, 2.75) is 12.5 Å². The summed E-state index contributed by atoms with van der Waals surface area (Å²) in [6.07, 6.45) is 1.68. The zero-order valence-electron chi connectivity index (χ0n) is 8.68. The number of methoxy groups -OCH3 is 1. The van der Waals surface area contributed by atoms with E-state index in [0.29, 0.717) is 18.8 Å². The number of anilines is 1. The zero-order chi connectivity index (χ0) is 11.7. The Bertz CT molecular complexity index is 426. The predicted molar refractivity (Wildman–Crippen MR) is 58.5 cm³/mol. The number of carbonyl (C=O) groups excluding carboxylic acids is 1. The van der Waals surface area contributed by atoms with E-state index in [1.54, 1.807) is 0 Å². The summed E-state index contributed by atoms with van der Waals surface area (Å²) in [7, 11) is 1.45. The van der Waals surface area contributed by atoms with E-state index in [4.69, 9.17) is 22.1 Å². The molecule has 2 heterocycles. The Hall–Kier alpha value is -1.40. The Morgan fingerprint density at radius 3 is 3.00 bits per heavy atom. The van der Waals surface area contributed by atoms with Gasteiger partial charge in [0.15, 0.2) is 11.0 Å². The molecule has 0 radical (unpaired) electrons. The molecule has 1 fully saturated rings. The summed E-state index contributed by atoms with van der Waals surface area (Å²) >= 11 is 5.69. The molecule has 0 spiro atoms. The second-order valence-corrected chi connectivity index (χ2v) is 3.88. The molecule has 6 nitrogen and oxygen atoms in total. The number of nitrogens with zero attached hydrogens (tertiary/aromatic N) is 3. The fourth-order valence-electron chi connectivity index (χ4n) is 1.61. The monoisotopic (exact) mass is 242 g/mol. The van der Waals surface area contributed by atoms with Crippen molar-refractivity contribution in [2.24, 2.45) is 5.73 Å². The number of nitrogens with two attached hydrogens (primary N) is 1. The molecule has 1 saturated heterocycles. The van der Waals surface area contributed by atoms with Gasteiger partial charge in [-0.3, -0.25) is 9.69 Å². The third-order valence-electron chi connectivity index (χ3n) is 2.30. The summed E-state index contributed by atoms with van der Waals surface area (Å²) in [5, 5.41) is 0.219. The summed E-state index contributed by atoms with van der Waals surface area (Å²) in [5.41, 5.74) is 5.70. The quantitative estimate of drug-likeness (QED) is 0.801. The lowest BCUT2D eigenvalue weighted by atomic mass is 10.3. The molecule has 16 heavy (non-hydrogen) atoms. The molecule has 1 aromatic rings. The van der Waals surface area contributed by atoms with Gasteiger partial charge in [0.25, 0.3) is 5.88 Å². The van der Waals surface area contributed by atoms with Crippen molar-refractivity contribution < 1.29 is 9.53 Å². The van der Waals surface area contributed by atoms with Gasteiger partial charge in [-0.25, -0.2) is 4.98 Å². The van der Waals surface area contributed by atoms with Crippen LogP contribution in [0.15, 0.2) is 6.20 Å². The maximum absolute atomic E-state index is 11.6. The Labute approximate surface area is 97.4 Å². The number of rotatable bonds is 2. The SMILES string of the molecule is COc1nc(Cl)cnc1N1CC(N)CC1=O. The number of ether oxygens (including phenoxy) is 1. The van der Waals surface area contributed by atoms with Crippen LogP contribution in [0.3, 0.4) is 0 Å². The normalized spacial score (nSPS) is 20.3. The zero-order valence-corrected chi connectivity index (χ0v) is 9.44. The van der Waals surface area contributed by atoms with Gasteiger partial charge in [-0.05, 0) is 0 Å². The van der Waals surface area contributed by atoms with Crippen LogP contribution < -0.4 is 15.4 Å². The molecule has 0 bridgehead atoms. The summed E-state index contributed by atoms with van der Waals surface area (Å²) in [4.78, 5) is 21.1. The average molecular weight is 243 g/mol. The molecule has 1 atom stereocenters. The molecule has 86 valence electrons. The highest BCUT2D eigenvalue weighted by molar-refractivity contribution is 6.29. The predicted octanol–water partition coefficient (Wildman–Crippen LogP) is 0.203. The molecule has 0 aromatic carbocycles. The van der Waals surface area contributed by atoms with Crippen molar-refractivity contribution in [3.8, 4) is 5.88 Å². The highest BCUT2D eigenvalue weighted by Crippen LogP contribution is 2.27. The first-order valence-corrected chi connectivity index (χ1v) is 5.12. The minimum atomic E-state index is -0.172. The van der Waals surface area contributed by atoms with Gasteiger partial charge in [0.2, 0.25) is 5.91 Å². The van der Waals surface area contributed by atoms with Crippen molar-refractivity contribution >= 4 is 23.3 Å². The molecule has 2 rings (SSSR count). The lowest BCUT2D eigenvalue weighted by molar-refractivity contribution is -0.117. The van der Waals surface area contributed by atoms with Gasteiger partial charge in [0.05, 0.1) is 13.3 Å². The van der Waals surface area contributed by atoms with Crippen LogP contribution in [0.1, 0.15) is 6.42 Å². The lowest BCUT2D eigenvalue weighted by Gasteiger charge is -2.16. The van der Waals surface area contributed by atoms with E-state index in [9.17, 15) is 4.79 Å². The third kappa shape index (κ3) is 1.94. The largest absolute Gasteiger partial charge is 0.478 e. The van der Waals surface area contributed by atoms with E-state index in [-0.39, 0.29) is 23.0 Å². The van der Waals surface area contributed by atoms with Crippen LogP contribution in [0.2, 0.25) is 5.15 Å². The van der Waals surface area contributed by atoms with Crippen LogP contribution in [-0.4, -0.2) is 35.6 Å². The second-order valence-electron chi connectivity index (χ2n) is 3.49. The first-order valence-electron chi connectivity index (χ1n) is 4.74. The lowest BCUT2D eigenvalue weighted by Crippen LogP contribution is -2.29. The Balaban J connectivity index is 2.36. The van der Waals surface area contributed by atoms with Gasteiger partial charge in [-0.1, -0.05) is 11.6 Å². The summed E-state index contributed by atoms with van der Waals surface area (Å²) < 4.78 is 5.03. The molecule has 1 aliphatic heterocycles. The van der Waals surface area contributed by atoms with E-state index in [1.807, 2.05) is 0 Å². The number of halogens is 1. The number of hydrogen-bond donors (Lipinski definition) is 1. The smallest absolute Gasteiger partial charge is 0.259 e. The van der Waals surface area contributed by atoms with Crippen LogP contribution in [0.4, 0.5) is 5.82 Å². The summed E-state index contributed by atoms with van der Waals surface area (Å²) in [6.45, 7) is 0.422. The van der Waals surface area contributed by atoms with Gasteiger partial charge in [-0.15, -0.1) is 0 Å². The van der Waals surface area contributed by atoms with Crippen LogP contribution in [0.25, 0.3) is 0 Å². The first-order chi connectivity index (χ1) is 7.61. The fourth-order valence-corrected chi connectivity index (χ4v) is 1.73. The average Bonchev–Trinajstić information content (AvgIpc) is 2.57. The van der Waals surface area contributed by atoms with Crippen molar-refractivity contribution in [1.29, 1.82) is 0 Å². The number of amides is 1. The fraction of sp³-hybridized carbons (Fsp3) is 0.444. The third-order valence-corrected chi connectivity index (χ3v) is 2.48. The summed E-state index contributed by atoms with van der Waals surface area (Å²) in [5.74, 6) is 0.516. The Morgan fingerprint density at radius 1 is 1.69 bits per heavy atom. The number of aromatic nitrogens is 2. The minimum Gasteiger partial charge on any atom is -0.478 e. The molecule has 7 heteroatoms. The standard InChI is InChI=1S/C9H11ClN4O2/c1-16-9-8(12-3-6(10)13-9)14-4-5(11)2-7(14)15/h3,5H,2,4,11H2,1H3. The highest BCUT2D eigenvalue weighted by atomic mass is 35.5. The number of carbonyl (C=O) groups is 1. The van der Waals surface area contributed by atoms with Crippen LogP contribution in [0.5, 0.6) is 5.88 Å². The van der Waals surface area contributed by atoms with Gasteiger partial charge >= 0.3 is 0 Å². The van der Waals surface area contributed by atoms with Crippen molar-refractivity contribution in [3.05, 3.63) is 11.3 Å². The molecule has 1 aromatic heterocycles. The van der Waals surface area contributed by atoms with Crippen molar-refractivity contribution in [2.75, 3.05) is 18.6 Å². The molecule has 2 N–H and O–H groups in total. The molecule has 1 unspecified atom stereocenters. The van der Waals surface area contributed by atoms with E-state index in [0.717, 1.165) is 0 Å². The van der Waals surface area contributed by atoms with Gasteiger partial charge in [0.1, 0.15) is 0 Å². The Kier molecular flexibility index (Phi) is 2.93. The van der Waals surface area contributed by atoms with Gasteiger partial charge in [0, 0.05) is 19.0 Å². The molecular weight excluding hydrogens is 232 g/mol. The van der Waals surface area contributed by atoms with Gasteiger partial charge in [-0.2, -0.15) is 4.98 Å². The van der Waals surface area contributed by atoms with E-state index >= 15 is 0 Å². The maximum Gasteiger partial charge on any atom is 0.259 e. The molecule has 0 saturated carbocycles. The van der Waals surface area contributed by atoms with Crippen molar-refractivity contribution in [1.82, 2.24) is 9.97 Å². The van der Waals surface area contributed by atoms with Crippen LogP contribution in [0, 0.1) is 0 Å². The summed E-state index contributed by atoms with van der Waals surface area (Å²) in [6, 6.07) is -0.172. The molecule has 1 aliphatic rings. The molecular formula is C9H11ClN4O2. The topological polar surface area (TPSA) is 81.3 Å². The molecule has 1 amide bonds. The van der Waals surface area contributed by atoms with E-state index in [2.05, 4.69) is 9.97 Å². The van der Waals surface area contributed by atoms with Crippen LogP contribution in [-0.2, 0) is 4.79 Å². The van der Waals surface area contributed by atoms with Gasteiger partial charge < -0.3 is 10.5 Å². The first kappa shape index (κ1) is 11.1. The van der Waals surface area contributed by atoms with E-state index in [1.165, 1.54) is 18.2 Å². The maximum atomic E-state index is 11.6. The van der Waals surface area contributed by atoms with Crippen molar-refractivity contribution in [3.63, 3.8) is 0 Å². The minimum absolute atomic E-state index is 0.0811.